The van der Waals surface area contributed by atoms with Crippen LogP contribution in [-0.4, -0.2) is 10.8 Å². The molecule has 1 heterocycles. The number of Topliss-reactive ketones (excluding diaryl/α,β-unsaturated/α-hetero) is 1. The first kappa shape index (κ1) is 11.9. The molecule has 0 unspecified atom stereocenters. The second kappa shape index (κ2) is 4.02. The van der Waals surface area contributed by atoms with E-state index in [1.54, 1.807) is 0 Å². The third kappa shape index (κ3) is 1.88. The number of aryl methyl sites for hydroxylation is 1. The number of carbonyl (C=O) groups excluding carboxylic acids is 1. The van der Waals surface area contributed by atoms with Gasteiger partial charge in [0.1, 0.15) is 0 Å². The number of aromatic nitrogens is 1. The minimum Gasteiger partial charge on any atom is -0.360 e. The maximum atomic E-state index is 12.5. The van der Waals surface area contributed by atoms with E-state index < -0.39 is 0 Å². The lowest BCUT2D eigenvalue weighted by molar-refractivity contribution is 0.0835. The van der Waals surface area contributed by atoms with Crippen LogP contribution in [0.2, 0.25) is 0 Å². The van der Waals surface area contributed by atoms with Crippen LogP contribution in [0.4, 0.5) is 0 Å². The lowest BCUT2D eigenvalue weighted by Crippen LogP contribution is -2.23. The Labute approximate surface area is 102 Å². The molecule has 2 nitrogen and oxygen atoms in total. The Bertz CT molecular complexity index is 563. The maximum Gasteiger partial charge on any atom is 0.170 e. The number of rotatable bonds is 3. The van der Waals surface area contributed by atoms with Crippen LogP contribution in [0, 0.1) is 12.3 Å². The smallest absolute Gasteiger partial charge is 0.170 e. The van der Waals surface area contributed by atoms with Crippen LogP contribution in [0.25, 0.3) is 10.9 Å². The second-order valence-electron chi connectivity index (χ2n) is 5.27. The number of para-hydroxylation sites is 1. The minimum atomic E-state index is -0.293. The number of benzene rings is 1. The standard InChI is InChI=1S/C15H19NO/c1-5-15(3,4)14(17)12-9-16-13-10(2)7-6-8-11(12)13/h6-9,16H,5H2,1-4H3. The first-order valence-corrected chi connectivity index (χ1v) is 6.09. The molecule has 0 amide bonds. The van der Waals surface area contributed by atoms with Crippen molar-refractivity contribution in [3.63, 3.8) is 0 Å². The lowest BCUT2D eigenvalue weighted by Gasteiger charge is -2.20. The van der Waals surface area contributed by atoms with Crippen LogP contribution in [0.1, 0.15) is 43.1 Å². The Morgan fingerprint density at radius 2 is 2.06 bits per heavy atom. The summed E-state index contributed by atoms with van der Waals surface area (Å²) in [6.07, 6.45) is 2.70. The van der Waals surface area contributed by atoms with E-state index in [-0.39, 0.29) is 11.2 Å². The number of carbonyl (C=O) groups is 1. The zero-order valence-electron chi connectivity index (χ0n) is 10.9. The average Bonchev–Trinajstić information content (AvgIpc) is 2.73. The highest BCUT2D eigenvalue weighted by Gasteiger charge is 2.28. The van der Waals surface area contributed by atoms with Gasteiger partial charge in [0.2, 0.25) is 0 Å². The number of hydrogen-bond acceptors (Lipinski definition) is 1. The van der Waals surface area contributed by atoms with Gasteiger partial charge in [-0.05, 0) is 18.9 Å². The summed E-state index contributed by atoms with van der Waals surface area (Å²) in [7, 11) is 0. The van der Waals surface area contributed by atoms with Crippen molar-refractivity contribution in [2.75, 3.05) is 0 Å². The van der Waals surface area contributed by atoms with Crippen molar-refractivity contribution in [2.24, 2.45) is 5.41 Å². The molecular weight excluding hydrogens is 210 g/mol. The van der Waals surface area contributed by atoms with Gasteiger partial charge in [-0.25, -0.2) is 0 Å². The van der Waals surface area contributed by atoms with Gasteiger partial charge < -0.3 is 4.98 Å². The Kier molecular flexibility index (Phi) is 2.82. The number of fused-ring (bicyclic) bond motifs is 1. The fraction of sp³-hybridized carbons (Fsp3) is 0.400. The highest BCUT2D eigenvalue weighted by atomic mass is 16.1. The zero-order chi connectivity index (χ0) is 12.6. The molecule has 2 rings (SSSR count). The first-order chi connectivity index (χ1) is 7.97. The molecule has 0 bridgehead atoms. The molecule has 0 fully saturated rings. The van der Waals surface area contributed by atoms with Gasteiger partial charge in [0.25, 0.3) is 0 Å². The summed E-state index contributed by atoms with van der Waals surface area (Å²) in [4.78, 5) is 15.7. The fourth-order valence-electron chi connectivity index (χ4n) is 2.02. The van der Waals surface area contributed by atoms with E-state index in [9.17, 15) is 4.79 Å². The minimum absolute atomic E-state index is 0.219. The van der Waals surface area contributed by atoms with Crippen molar-refractivity contribution in [2.45, 2.75) is 34.1 Å². The van der Waals surface area contributed by atoms with Crippen LogP contribution < -0.4 is 0 Å². The molecule has 0 radical (unpaired) electrons. The number of hydrogen-bond donors (Lipinski definition) is 1. The number of H-pyrrole nitrogens is 1. The van der Waals surface area contributed by atoms with Gasteiger partial charge in [0.15, 0.2) is 5.78 Å². The van der Waals surface area contributed by atoms with Crippen molar-refractivity contribution < 1.29 is 4.79 Å². The van der Waals surface area contributed by atoms with E-state index in [4.69, 9.17) is 0 Å². The molecule has 0 spiro atoms. The van der Waals surface area contributed by atoms with Crippen LogP contribution in [0.5, 0.6) is 0 Å². The number of ketones is 1. The highest BCUT2D eigenvalue weighted by molar-refractivity contribution is 6.10. The molecule has 0 saturated carbocycles. The molecule has 0 aliphatic heterocycles. The summed E-state index contributed by atoms with van der Waals surface area (Å²) in [5.74, 6) is 0.219. The lowest BCUT2D eigenvalue weighted by atomic mass is 9.82. The van der Waals surface area contributed by atoms with E-state index in [1.807, 2.05) is 32.2 Å². The summed E-state index contributed by atoms with van der Waals surface area (Å²) in [6, 6.07) is 6.07. The largest absolute Gasteiger partial charge is 0.360 e. The van der Waals surface area contributed by atoms with Crippen LogP contribution in [0.3, 0.4) is 0 Å². The van der Waals surface area contributed by atoms with Gasteiger partial charge in [-0.1, -0.05) is 39.0 Å². The Hall–Kier alpha value is -1.57. The summed E-state index contributed by atoms with van der Waals surface area (Å²) >= 11 is 0. The number of aromatic amines is 1. The number of nitrogens with one attached hydrogen (secondary N) is 1. The van der Waals surface area contributed by atoms with Crippen molar-refractivity contribution in [1.82, 2.24) is 4.98 Å². The summed E-state index contributed by atoms with van der Waals surface area (Å²) in [5.41, 5.74) is 2.77. The van der Waals surface area contributed by atoms with Crippen LogP contribution >= 0.6 is 0 Å². The normalized spacial score (nSPS) is 12.0. The summed E-state index contributed by atoms with van der Waals surface area (Å²) in [5, 5.41) is 1.04. The van der Waals surface area contributed by atoms with Crippen molar-refractivity contribution in [3.05, 3.63) is 35.5 Å². The monoisotopic (exact) mass is 229 g/mol. The molecule has 1 aromatic carbocycles. The predicted molar refractivity (Wildman–Crippen MR) is 71.4 cm³/mol. The van der Waals surface area contributed by atoms with E-state index in [0.717, 1.165) is 22.9 Å². The topological polar surface area (TPSA) is 32.9 Å². The second-order valence-corrected chi connectivity index (χ2v) is 5.27. The quantitative estimate of drug-likeness (QED) is 0.790. The zero-order valence-corrected chi connectivity index (χ0v) is 10.9. The van der Waals surface area contributed by atoms with Gasteiger partial charge in [0, 0.05) is 28.1 Å². The molecule has 1 N–H and O–H groups in total. The molecule has 0 aliphatic rings. The Morgan fingerprint density at radius 3 is 2.71 bits per heavy atom. The highest BCUT2D eigenvalue weighted by Crippen LogP contribution is 2.30. The molecule has 0 aliphatic carbocycles. The van der Waals surface area contributed by atoms with Crippen LogP contribution in [0.15, 0.2) is 24.4 Å². The molecule has 0 saturated heterocycles. The third-order valence-electron chi connectivity index (χ3n) is 3.67. The van der Waals surface area contributed by atoms with E-state index in [0.29, 0.717) is 0 Å². The van der Waals surface area contributed by atoms with Gasteiger partial charge in [-0.3, -0.25) is 4.79 Å². The molecule has 2 heteroatoms. The van der Waals surface area contributed by atoms with E-state index >= 15 is 0 Å². The third-order valence-corrected chi connectivity index (χ3v) is 3.67. The van der Waals surface area contributed by atoms with Gasteiger partial charge in [-0.15, -0.1) is 0 Å². The molecular formula is C15H19NO. The van der Waals surface area contributed by atoms with Crippen molar-refractivity contribution in [1.29, 1.82) is 0 Å². The van der Waals surface area contributed by atoms with Gasteiger partial charge in [-0.2, -0.15) is 0 Å². The Balaban J connectivity index is 2.58. The first-order valence-electron chi connectivity index (χ1n) is 6.09. The SMILES string of the molecule is CCC(C)(C)C(=O)c1c[nH]c2c(C)cccc12. The van der Waals surface area contributed by atoms with Gasteiger partial charge >= 0.3 is 0 Å². The van der Waals surface area contributed by atoms with E-state index in [1.165, 1.54) is 5.56 Å². The van der Waals surface area contributed by atoms with Crippen LogP contribution in [-0.2, 0) is 0 Å². The summed E-state index contributed by atoms with van der Waals surface area (Å²) < 4.78 is 0. The molecule has 17 heavy (non-hydrogen) atoms. The van der Waals surface area contributed by atoms with Crippen molar-refractivity contribution >= 4 is 16.7 Å². The molecule has 90 valence electrons. The molecule has 1 aromatic heterocycles. The van der Waals surface area contributed by atoms with Gasteiger partial charge in [0.05, 0.1) is 0 Å². The fourth-order valence-corrected chi connectivity index (χ4v) is 2.02. The average molecular weight is 229 g/mol. The predicted octanol–water partition coefficient (Wildman–Crippen LogP) is 4.10. The maximum absolute atomic E-state index is 12.5. The summed E-state index contributed by atoms with van der Waals surface area (Å²) in [6.45, 7) is 8.12. The molecule has 2 aromatic rings. The molecule has 0 atom stereocenters. The Morgan fingerprint density at radius 1 is 1.35 bits per heavy atom. The van der Waals surface area contributed by atoms with E-state index in [2.05, 4.69) is 24.9 Å². The van der Waals surface area contributed by atoms with Crippen molar-refractivity contribution in [3.8, 4) is 0 Å².